The summed E-state index contributed by atoms with van der Waals surface area (Å²) in [5.74, 6) is 0.410. The van der Waals surface area contributed by atoms with Crippen LogP contribution >= 0.6 is 8.03 Å². The van der Waals surface area contributed by atoms with Gasteiger partial charge >= 0.3 is 0 Å². The lowest BCUT2D eigenvalue weighted by molar-refractivity contribution is 0.417. The molecule has 3 N–H and O–H groups in total. The zero-order valence-electron chi connectivity index (χ0n) is 8.91. The van der Waals surface area contributed by atoms with Gasteiger partial charge in [0.15, 0.2) is 8.03 Å². The highest BCUT2D eigenvalue weighted by atomic mass is 31.1. The van der Waals surface area contributed by atoms with Crippen molar-refractivity contribution >= 4 is 8.03 Å². The molecule has 0 aliphatic heterocycles. The Labute approximate surface area is 86.9 Å². The summed E-state index contributed by atoms with van der Waals surface area (Å²) in [4.78, 5) is 9.29. The predicted molar refractivity (Wildman–Crippen MR) is 59.8 cm³/mol. The molecule has 0 saturated heterocycles. The first-order chi connectivity index (χ1) is 6.65. The van der Waals surface area contributed by atoms with E-state index in [1.54, 1.807) is 0 Å². The summed E-state index contributed by atoms with van der Waals surface area (Å²) in [6.45, 7) is 2.12. The van der Waals surface area contributed by atoms with Crippen LogP contribution in [0.25, 0.3) is 0 Å². The highest BCUT2D eigenvalue weighted by Crippen LogP contribution is 2.40. The van der Waals surface area contributed by atoms with Gasteiger partial charge in [0.05, 0.1) is 0 Å². The molecule has 0 amide bonds. The summed E-state index contributed by atoms with van der Waals surface area (Å²) in [7, 11) is -2.36. The van der Waals surface area contributed by atoms with Gasteiger partial charge in [-0.2, -0.15) is 0 Å². The van der Waals surface area contributed by atoms with Gasteiger partial charge in [0.1, 0.15) is 0 Å². The van der Waals surface area contributed by atoms with Crippen molar-refractivity contribution < 1.29 is 9.46 Å². The third-order valence-electron chi connectivity index (χ3n) is 3.27. The lowest BCUT2D eigenvalue weighted by atomic mass is 9.99. The standard InChI is InChI=1S/C10H22NO2P/c1-2-3-4-10(14(12)13)8-5-6-9(11)7-8/h8-10,14H,2-7,11H2,1H3,(H,12,13). The van der Waals surface area contributed by atoms with Crippen LogP contribution in [0.5, 0.6) is 0 Å². The molecule has 4 atom stereocenters. The third kappa shape index (κ3) is 3.38. The summed E-state index contributed by atoms with van der Waals surface area (Å²) < 4.78 is 11.2. The molecule has 0 bridgehead atoms. The third-order valence-corrected chi connectivity index (χ3v) is 4.66. The maximum atomic E-state index is 11.2. The van der Waals surface area contributed by atoms with E-state index in [0.717, 1.165) is 38.5 Å². The van der Waals surface area contributed by atoms with Gasteiger partial charge in [0.2, 0.25) is 0 Å². The fraction of sp³-hybridized carbons (Fsp3) is 1.00. The molecule has 4 unspecified atom stereocenters. The highest BCUT2D eigenvalue weighted by molar-refractivity contribution is 7.38. The zero-order valence-corrected chi connectivity index (χ0v) is 9.91. The second-order valence-electron chi connectivity index (χ2n) is 4.42. The van der Waals surface area contributed by atoms with Crippen molar-refractivity contribution in [1.82, 2.24) is 0 Å². The molecule has 0 heterocycles. The van der Waals surface area contributed by atoms with Crippen LogP contribution in [0.15, 0.2) is 0 Å². The molecule has 0 aromatic heterocycles. The molecule has 1 rings (SSSR count). The van der Waals surface area contributed by atoms with Crippen LogP contribution in [0.2, 0.25) is 0 Å². The van der Waals surface area contributed by atoms with Crippen molar-refractivity contribution in [1.29, 1.82) is 0 Å². The fourth-order valence-corrected chi connectivity index (χ4v) is 3.56. The highest BCUT2D eigenvalue weighted by Gasteiger charge is 2.31. The maximum Gasteiger partial charge on any atom is 0.192 e. The fourth-order valence-electron chi connectivity index (χ4n) is 2.40. The Hall–Kier alpha value is 0.150. The zero-order chi connectivity index (χ0) is 10.6. The smallest absolute Gasteiger partial charge is 0.192 e. The van der Waals surface area contributed by atoms with Crippen LogP contribution in [0.4, 0.5) is 0 Å². The van der Waals surface area contributed by atoms with Crippen molar-refractivity contribution in [2.45, 2.75) is 57.1 Å². The Morgan fingerprint density at radius 2 is 2.29 bits per heavy atom. The Morgan fingerprint density at radius 3 is 2.71 bits per heavy atom. The summed E-state index contributed by atoms with van der Waals surface area (Å²) in [5, 5.41) is 0. The molecule has 0 spiro atoms. The molecule has 0 aromatic carbocycles. The molecule has 1 fully saturated rings. The molecule has 1 aliphatic carbocycles. The van der Waals surface area contributed by atoms with Crippen LogP contribution in [0.1, 0.15) is 45.4 Å². The molecule has 1 aliphatic rings. The molecular formula is C10H22NO2P. The van der Waals surface area contributed by atoms with Crippen LogP contribution < -0.4 is 5.73 Å². The molecule has 1 saturated carbocycles. The van der Waals surface area contributed by atoms with Crippen molar-refractivity contribution in [2.24, 2.45) is 11.7 Å². The van der Waals surface area contributed by atoms with Gasteiger partial charge in [-0.3, -0.25) is 4.57 Å². The molecule has 4 heteroatoms. The Bertz CT molecular complexity index is 199. The van der Waals surface area contributed by atoms with Gasteiger partial charge in [-0.05, 0) is 31.6 Å². The molecule has 0 aromatic rings. The first-order valence-electron chi connectivity index (χ1n) is 5.63. The van der Waals surface area contributed by atoms with Crippen molar-refractivity contribution in [2.75, 3.05) is 0 Å². The Balaban J connectivity index is 2.45. The largest absolute Gasteiger partial charge is 0.346 e. The molecular weight excluding hydrogens is 197 g/mol. The number of hydrogen-bond donors (Lipinski definition) is 2. The number of hydrogen-bond acceptors (Lipinski definition) is 2. The van der Waals surface area contributed by atoms with Crippen molar-refractivity contribution in [3.8, 4) is 0 Å². The molecule has 0 radical (unpaired) electrons. The van der Waals surface area contributed by atoms with E-state index in [1.807, 2.05) is 0 Å². The van der Waals surface area contributed by atoms with E-state index in [0.29, 0.717) is 5.92 Å². The number of rotatable bonds is 5. The minimum Gasteiger partial charge on any atom is -0.346 e. The second kappa shape index (κ2) is 5.89. The van der Waals surface area contributed by atoms with Crippen molar-refractivity contribution in [3.63, 3.8) is 0 Å². The van der Waals surface area contributed by atoms with Crippen molar-refractivity contribution in [3.05, 3.63) is 0 Å². The molecule has 14 heavy (non-hydrogen) atoms. The van der Waals surface area contributed by atoms with Gasteiger partial charge in [0.25, 0.3) is 0 Å². The molecule has 3 nitrogen and oxygen atoms in total. The number of unbranched alkanes of at least 4 members (excludes halogenated alkanes) is 1. The van der Waals surface area contributed by atoms with E-state index in [9.17, 15) is 9.46 Å². The lowest BCUT2D eigenvalue weighted by Crippen LogP contribution is -2.19. The van der Waals surface area contributed by atoms with Gasteiger partial charge < -0.3 is 10.6 Å². The second-order valence-corrected chi connectivity index (χ2v) is 5.84. The lowest BCUT2D eigenvalue weighted by Gasteiger charge is -2.20. The predicted octanol–water partition coefficient (Wildman–Crippen LogP) is 2.14. The summed E-state index contributed by atoms with van der Waals surface area (Å²) in [6, 6.07) is 0.269. The first-order valence-corrected chi connectivity index (χ1v) is 7.06. The SMILES string of the molecule is CCCCC(C1CCC(N)C1)[PH](=O)O. The van der Waals surface area contributed by atoms with E-state index in [2.05, 4.69) is 6.92 Å². The van der Waals surface area contributed by atoms with Gasteiger partial charge in [-0.1, -0.05) is 19.8 Å². The normalized spacial score (nSPS) is 31.6. The average molecular weight is 219 g/mol. The summed E-state index contributed by atoms with van der Waals surface area (Å²) in [6.07, 6.45) is 6.10. The van der Waals surface area contributed by atoms with Crippen LogP contribution in [0.3, 0.4) is 0 Å². The number of nitrogens with two attached hydrogens (primary N) is 1. The first kappa shape index (κ1) is 12.2. The van der Waals surface area contributed by atoms with Crippen LogP contribution in [0, 0.1) is 5.92 Å². The summed E-state index contributed by atoms with van der Waals surface area (Å²) in [5.41, 5.74) is 5.86. The van der Waals surface area contributed by atoms with Gasteiger partial charge in [0, 0.05) is 11.7 Å². The van der Waals surface area contributed by atoms with E-state index in [4.69, 9.17) is 5.73 Å². The monoisotopic (exact) mass is 219 g/mol. The van der Waals surface area contributed by atoms with E-state index >= 15 is 0 Å². The minimum absolute atomic E-state index is 0.0356. The van der Waals surface area contributed by atoms with Crippen LogP contribution in [-0.4, -0.2) is 16.6 Å². The average Bonchev–Trinajstić information content (AvgIpc) is 2.52. The summed E-state index contributed by atoms with van der Waals surface area (Å²) >= 11 is 0. The maximum absolute atomic E-state index is 11.2. The van der Waals surface area contributed by atoms with Gasteiger partial charge in [-0.25, -0.2) is 0 Å². The topological polar surface area (TPSA) is 63.3 Å². The quantitative estimate of drug-likeness (QED) is 0.696. The van der Waals surface area contributed by atoms with E-state index < -0.39 is 8.03 Å². The van der Waals surface area contributed by atoms with Gasteiger partial charge in [-0.15, -0.1) is 0 Å². The minimum atomic E-state index is -2.36. The molecule has 84 valence electrons. The van der Waals surface area contributed by atoms with E-state index in [1.165, 1.54) is 0 Å². The van der Waals surface area contributed by atoms with Crippen LogP contribution in [-0.2, 0) is 4.57 Å². The van der Waals surface area contributed by atoms with E-state index in [-0.39, 0.29) is 11.7 Å². The Kier molecular flexibility index (Phi) is 5.14. The Morgan fingerprint density at radius 1 is 1.57 bits per heavy atom.